The van der Waals surface area contributed by atoms with E-state index in [2.05, 4.69) is 22.3 Å². The summed E-state index contributed by atoms with van der Waals surface area (Å²) < 4.78 is 2.72. The number of aromatic nitrogens is 3. The van der Waals surface area contributed by atoms with Crippen molar-refractivity contribution in [2.45, 2.75) is 18.8 Å². The van der Waals surface area contributed by atoms with Crippen LogP contribution in [-0.4, -0.2) is 14.8 Å². The fraction of sp³-hybridized carbons (Fsp3) is 0.273. The summed E-state index contributed by atoms with van der Waals surface area (Å²) in [5.74, 6) is 1.67. The van der Waals surface area contributed by atoms with Gasteiger partial charge in [-0.15, -0.1) is 0 Å². The van der Waals surface area contributed by atoms with Gasteiger partial charge in [0.2, 0.25) is 0 Å². The number of para-hydroxylation sites is 1. The molecule has 0 spiro atoms. The molecule has 1 heterocycles. The minimum absolute atomic E-state index is 0.596. The van der Waals surface area contributed by atoms with Crippen LogP contribution >= 0.6 is 12.2 Å². The zero-order valence-electron chi connectivity index (χ0n) is 8.18. The van der Waals surface area contributed by atoms with Crippen molar-refractivity contribution in [2.24, 2.45) is 0 Å². The fourth-order valence-electron chi connectivity index (χ4n) is 1.75. The number of hydrogen-bond acceptors (Lipinski definition) is 2. The highest BCUT2D eigenvalue weighted by atomic mass is 32.1. The predicted molar refractivity (Wildman–Crippen MR) is 60.7 cm³/mol. The number of hydrogen-bond donors (Lipinski definition) is 1. The van der Waals surface area contributed by atoms with E-state index in [1.54, 1.807) is 0 Å². The van der Waals surface area contributed by atoms with Crippen molar-refractivity contribution in [3.8, 4) is 5.69 Å². The van der Waals surface area contributed by atoms with Gasteiger partial charge in [-0.1, -0.05) is 18.2 Å². The van der Waals surface area contributed by atoms with Crippen LogP contribution in [0.25, 0.3) is 5.69 Å². The molecule has 0 radical (unpaired) electrons. The molecule has 0 atom stereocenters. The van der Waals surface area contributed by atoms with Crippen LogP contribution in [0.15, 0.2) is 30.3 Å². The van der Waals surface area contributed by atoms with E-state index in [1.165, 1.54) is 12.8 Å². The van der Waals surface area contributed by atoms with Crippen molar-refractivity contribution in [3.63, 3.8) is 0 Å². The Balaban J connectivity index is 2.18. The van der Waals surface area contributed by atoms with Crippen molar-refractivity contribution >= 4 is 12.2 Å². The molecular weight excluding hydrogens is 206 g/mol. The van der Waals surface area contributed by atoms with Gasteiger partial charge in [-0.2, -0.15) is 5.10 Å². The van der Waals surface area contributed by atoms with E-state index in [0.29, 0.717) is 10.7 Å². The van der Waals surface area contributed by atoms with E-state index < -0.39 is 0 Å². The lowest BCUT2D eigenvalue weighted by atomic mass is 10.3. The maximum Gasteiger partial charge on any atom is 0.199 e. The van der Waals surface area contributed by atoms with Gasteiger partial charge in [0.1, 0.15) is 5.82 Å². The number of aromatic amines is 1. The molecule has 0 saturated heterocycles. The number of benzene rings is 1. The minimum atomic E-state index is 0.596. The van der Waals surface area contributed by atoms with Gasteiger partial charge in [0.25, 0.3) is 0 Å². The van der Waals surface area contributed by atoms with Crippen molar-refractivity contribution in [2.75, 3.05) is 0 Å². The van der Waals surface area contributed by atoms with E-state index in [9.17, 15) is 0 Å². The summed E-state index contributed by atoms with van der Waals surface area (Å²) in [6, 6.07) is 10.1. The second kappa shape index (κ2) is 3.31. The van der Waals surface area contributed by atoms with E-state index in [-0.39, 0.29) is 0 Å². The summed E-state index contributed by atoms with van der Waals surface area (Å²) in [5.41, 5.74) is 1.10. The molecule has 0 bridgehead atoms. The van der Waals surface area contributed by atoms with Crippen molar-refractivity contribution in [1.29, 1.82) is 0 Å². The van der Waals surface area contributed by atoms with Crippen molar-refractivity contribution in [1.82, 2.24) is 14.8 Å². The lowest BCUT2D eigenvalue weighted by molar-refractivity contribution is 0.869. The first-order valence-corrected chi connectivity index (χ1v) is 5.50. The summed E-state index contributed by atoms with van der Waals surface area (Å²) in [7, 11) is 0. The maximum absolute atomic E-state index is 5.25. The first-order chi connectivity index (χ1) is 7.36. The third-order valence-electron chi connectivity index (χ3n) is 2.66. The highest BCUT2D eigenvalue weighted by molar-refractivity contribution is 7.71. The van der Waals surface area contributed by atoms with Crippen LogP contribution in [0.5, 0.6) is 0 Å². The summed E-state index contributed by atoms with van der Waals surface area (Å²) in [4.78, 5) is 0. The SMILES string of the molecule is S=c1[nH]nc(C2CC2)n1-c1ccccc1. The smallest absolute Gasteiger partial charge is 0.199 e. The first-order valence-electron chi connectivity index (χ1n) is 5.09. The third-order valence-corrected chi connectivity index (χ3v) is 2.93. The molecule has 3 rings (SSSR count). The van der Waals surface area contributed by atoms with E-state index in [4.69, 9.17) is 12.2 Å². The number of rotatable bonds is 2. The highest BCUT2D eigenvalue weighted by Crippen LogP contribution is 2.39. The molecule has 1 fully saturated rings. The Morgan fingerprint density at radius 2 is 2.00 bits per heavy atom. The van der Waals surface area contributed by atoms with Crippen LogP contribution in [0.2, 0.25) is 0 Å². The molecule has 2 aromatic rings. The van der Waals surface area contributed by atoms with Gasteiger partial charge >= 0.3 is 0 Å². The Labute approximate surface area is 92.8 Å². The van der Waals surface area contributed by atoms with E-state index in [0.717, 1.165) is 11.5 Å². The summed E-state index contributed by atoms with van der Waals surface area (Å²) >= 11 is 5.25. The van der Waals surface area contributed by atoms with Crippen molar-refractivity contribution < 1.29 is 0 Å². The third kappa shape index (κ3) is 1.51. The summed E-state index contributed by atoms with van der Waals surface area (Å²) in [5, 5.41) is 7.17. The lowest BCUT2D eigenvalue weighted by Crippen LogP contribution is -1.99. The van der Waals surface area contributed by atoms with E-state index >= 15 is 0 Å². The monoisotopic (exact) mass is 217 g/mol. The average molecular weight is 217 g/mol. The van der Waals surface area contributed by atoms with Gasteiger partial charge in [-0.3, -0.25) is 9.67 Å². The highest BCUT2D eigenvalue weighted by Gasteiger charge is 2.29. The molecule has 1 aliphatic carbocycles. The Kier molecular flexibility index (Phi) is 1.95. The summed E-state index contributed by atoms with van der Waals surface area (Å²) in [6.07, 6.45) is 2.46. The van der Waals surface area contributed by atoms with Crippen LogP contribution in [-0.2, 0) is 0 Å². The molecule has 4 heteroatoms. The molecule has 1 saturated carbocycles. The molecule has 3 nitrogen and oxygen atoms in total. The second-order valence-corrected chi connectivity index (χ2v) is 4.22. The van der Waals surface area contributed by atoms with Crippen LogP contribution in [0, 0.1) is 4.77 Å². The maximum atomic E-state index is 5.25. The zero-order valence-corrected chi connectivity index (χ0v) is 9.00. The van der Waals surface area contributed by atoms with Crippen LogP contribution < -0.4 is 0 Å². The number of nitrogens with zero attached hydrogens (tertiary/aromatic N) is 2. The molecule has 15 heavy (non-hydrogen) atoms. The Morgan fingerprint density at radius 3 is 2.67 bits per heavy atom. The predicted octanol–water partition coefficient (Wildman–Crippen LogP) is 2.81. The molecule has 76 valence electrons. The largest absolute Gasteiger partial charge is 0.272 e. The Bertz CT molecular complexity index is 522. The van der Waals surface area contributed by atoms with Crippen LogP contribution in [0.4, 0.5) is 0 Å². The Morgan fingerprint density at radius 1 is 1.27 bits per heavy atom. The number of H-pyrrole nitrogens is 1. The molecule has 0 amide bonds. The molecule has 0 aliphatic heterocycles. The van der Waals surface area contributed by atoms with Gasteiger partial charge in [0.15, 0.2) is 4.77 Å². The Hall–Kier alpha value is -1.42. The zero-order chi connectivity index (χ0) is 10.3. The van der Waals surface area contributed by atoms with Gasteiger partial charge < -0.3 is 0 Å². The normalized spacial score (nSPS) is 15.5. The quantitative estimate of drug-likeness (QED) is 0.785. The molecular formula is C11H11N3S. The molecule has 1 N–H and O–H groups in total. The minimum Gasteiger partial charge on any atom is -0.272 e. The van der Waals surface area contributed by atoms with Crippen molar-refractivity contribution in [3.05, 3.63) is 40.9 Å². The molecule has 0 unspecified atom stereocenters. The molecule has 1 aliphatic rings. The van der Waals surface area contributed by atoms with E-state index in [1.807, 2.05) is 22.8 Å². The average Bonchev–Trinajstić information content (AvgIpc) is 3.04. The van der Waals surface area contributed by atoms with Crippen LogP contribution in [0.1, 0.15) is 24.6 Å². The van der Waals surface area contributed by atoms with Gasteiger partial charge in [0, 0.05) is 11.6 Å². The standard InChI is InChI=1S/C11H11N3S/c15-11-13-12-10(8-6-7-8)14(11)9-4-2-1-3-5-9/h1-5,8H,6-7H2,(H,13,15). The van der Waals surface area contributed by atoms with Crippen LogP contribution in [0.3, 0.4) is 0 Å². The molecule has 1 aromatic carbocycles. The molecule has 1 aromatic heterocycles. The second-order valence-electron chi connectivity index (χ2n) is 3.83. The van der Waals surface area contributed by atoms with Gasteiger partial charge in [0.05, 0.1) is 0 Å². The van der Waals surface area contributed by atoms with Gasteiger partial charge in [-0.05, 0) is 37.2 Å². The first kappa shape index (κ1) is 8.85. The number of nitrogens with one attached hydrogen (secondary N) is 1. The lowest BCUT2D eigenvalue weighted by Gasteiger charge is -2.04. The van der Waals surface area contributed by atoms with Gasteiger partial charge in [-0.25, -0.2) is 0 Å². The topological polar surface area (TPSA) is 33.6 Å². The summed E-state index contributed by atoms with van der Waals surface area (Å²) in [6.45, 7) is 0. The fourth-order valence-corrected chi connectivity index (χ4v) is 2.00.